The second-order valence-corrected chi connectivity index (χ2v) is 16.4. The number of aromatic nitrogens is 1. The van der Waals surface area contributed by atoms with E-state index >= 15 is 0 Å². The summed E-state index contributed by atoms with van der Waals surface area (Å²) in [5, 5.41) is 1.06. The van der Waals surface area contributed by atoms with Gasteiger partial charge in [-0.05, 0) is 107 Å². The molecule has 2 aromatic carbocycles. The summed E-state index contributed by atoms with van der Waals surface area (Å²) in [5.74, 6) is 0.428. The van der Waals surface area contributed by atoms with E-state index in [1.807, 2.05) is 38.1 Å². The molecule has 10 heteroatoms. The molecule has 0 radical (unpaired) electrons. The number of piperazine rings is 1. The Hall–Kier alpha value is -3.37. The third-order valence-electron chi connectivity index (χ3n) is 10.7. The van der Waals surface area contributed by atoms with Crippen molar-refractivity contribution < 1.29 is 22.7 Å². The van der Waals surface area contributed by atoms with Crippen LogP contribution in [0.2, 0.25) is 0 Å². The van der Waals surface area contributed by atoms with Gasteiger partial charge < -0.3 is 14.2 Å². The van der Waals surface area contributed by atoms with Gasteiger partial charge in [-0.25, -0.2) is 13.1 Å². The number of hydrogen-bond donors (Lipinski definition) is 1. The molecule has 1 unspecified atom stereocenters. The number of carbonyl (C=O) groups is 2. The van der Waals surface area contributed by atoms with Crippen molar-refractivity contribution in [1.82, 2.24) is 19.1 Å². The largest absolute Gasteiger partial charge is 0.497 e. The van der Waals surface area contributed by atoms with E-state index in [0.29, 0.717) is 18.5 Å². The molecule has 47 heavy (non-hydrogen) atoms. The molecule has 1 N–H and O–H groups in total. The predicted molar refractivity (Wildman–Crippen MR) is 186 cm³/mol. The van der Waals surface area contributed by atoms with Gasteiger partial charge in [-0.1, -0.05) is 25.3 Å². The average Bonchev–Trinajstić information content (AvgIpc) is 3.66. The summed E-state index contributed by atoms with van der Waals surface area (Å²) in [7, 11) is -2.07. The molecule has 1 aliphatic carbocycles. The number of fused-ring (bicyclic) bond motifs is 2. The van der Waals surface area contributed by atoms with Crippen LogP contribution in [0.1, 0.15) is 93.1 Å². The highest BCUT2D eigenvalue weighted by Crippen LogP contribution is 2.46. The van der Waals surface area contributed by atoms with Crippen molar-refractivity contribution >= 4 is 32.7 Å². The van der Waals surface area contributed by atoms with Crippen molar-refractivity contribution in [2.45, 2.75) is 91.1 Å². The minimum atomic E-state index is -3.74. The average molecular weight is 663 g/mol. The van der Waals surface area contributed by atoms with Crippen molar-refractivity contribution in [3.05, 3.63) is 53.1 Å². The summed E-state index contributed by atoms with van der Waals surface area (Å²) in [5.41, 5.74) is 4.86. The molecule has 6 rings (SSSR count). The Balaban J connectivity index is 1.51. The molecule has 254 valence electrons. The first-order valence-electron chi connectivity index (χ1n) is 17.3. The zero-order valence-corrected chi connectivity index (χ0v) is 29.4. The third kappa shape index (κ3) is 6.68. The fourth-order valence-corrected chi connectivity index (χ4v) is 8.69. The Morgan fingerprint density at radius 2 is 1.74 bits per heavy atom. The lowest BCUT2D eigenvalue weighted by molar-refractivity contribution is -0.143. The summed E-state index contributed by atoms with van der Waals surface area (Å²) >= 11 is 0. The second kappa shape index (κ2) is 13.3. The Morgan fingerprint density at radius 3 is 2.45 bits per heavy atom. The van der Waals surface area contributed by atoms with Crippen LogP contribution >= 0.6 is 0 Å². The fourth-order valence-electron chi connectivity index (χ4n) is 8.14. The molecule has 3 heterocycles. The topological polar surface area (TPSA) is 101 Å². The normalized spacial score (nSPS) is 19.6. The van der Waals surface area contributed by atoms with Gasteiger partial charge in [-0.3, -0.25) is 14.5 Å². The number of rotatable bonds is 9. The second-order valence-electron chi connectivity index (χ2n) is 14.4. The molecular weight excluding hydrogens is 612 g/mol. The zero-order chi connectivity index (χ0) is 33.5. The monoisotopic (exact) mass is 662 g/mol. The Morgan fingerprint density at radius 1 is 0.979 bits per heavy atom. The van der Waals surface area contributed by atoms with E-state index in [1.54, 1.807) is 13.2 Å². The van der Waals surface area contributed by atoms with Crippen molar-refractivity contribution in [3.8, 4) is 17.0 Å². The highest BCUT2D eigenvalue weighted by atomic mass is 32.2. The van der Waals surface area contributed by atoms with E-state index in [2.05, 4.69) is 32.1 Å². The first kappa shape index (κ1) is 33.5. The smallest absolute Gasteiger partial charge is 0.264 e. The van der Waals surface area contributed by atoms with E-state index in [9.17, 15) is 18.0 Å². The zero-order valence-electron chi connectivity index (χ0n) is 28.6. The van der Waals surface area contributed by atoms with Crippen LogP contribution in [0.15, 0.2) is 36.4 Å². The molecule has 0 spiro atoms. The number of methoxy groups -OCH3 is 1. The molecule has 1 atom stereocenters. The van der Waals surface area contributed by atoms with E-state index in [0.717, 1.165) is 91.8 Å². The van der Waals surface area contributed by atoms with Crippen molar-refractivity contribution in [1.29, 1.82) is 0 Å². The highest BCUT2D eigenvalue weighted by molar-refractivity contribution is 7.90. The number of sulfonamides is 1. The minimum Gasteiger partial charge on any atom is -0.497 e. The number of nitrogens with one attached hydrogen (secondary N) is 1. The maximum absolute atomic E-state index is 14.4. The fraction of sp³-hybridized carbons (Fsp3) is 0.568. The maximum atomic E-state index is 14.4. The molecule has 0 bridgehead atoms. The Kier molecular flexibility index (Phi) is 9.46. The Labute approximate surface area is 279 Å². The quantitative estimate of drug-likeness (QED) is 0.298. The molecule has 2 amide bonds. The van der Waals surface area contributed by atoms with Crippen LogP contribution < -0.4 is 9.46 Å². The van der Waals surface area contributed by atoms with Gasteiger partial charge in [0.25, 0.3) is 5.91 Å². The van der Waals surface area contributed by atoms with E-state index < -0.39 is 21.3 Å². The third-order valence-corrected chi connectivity index (χ3v) is 12.0. The first-order valence-corrected chi connectivity index (χ1v) is 19.0. The van der Waals surface area contributed by atoms with E-state index in [4.69, 9.17) is 4.74 Å². The maximum Gasteiger partial charge on any atom is 0.264 e. The lowest BCUT2D eigenvalue weighted by Gasteiger charge is -2.41. The van der Waals surface area contributed by atoms with Crippen molar-refractivity contribution in [2.75, 3.05) is 39.0 Å². The van der Waals surface area contributed by atoms with Gasteiger partial charge in [0.05, 0.1) is 24.0 Å². The van der Waals surface area contributed by atoms with Gasteiger partial charge in [-0.2, -0.15) is 0 Å². The summed E-state index contributed by atoms with van der Waals surface area (Å²) < 4.78 is 34.7. The van der Waals surface area contributed by atoms with Crippen LogP contribution in [-0.2, 0) is 21.4 Å². The number of benzene rings is 2. The number of carbonyl (C=O) groups excluding carboxylic acids is 2. The summed E-state index contributed by atoms with van der Waals surface area (Å²) in [6.07, 6.45) is 8.01. The van der Waals surface area contributed by atoms with Crippen LogP contribution in [0.25, 0.3) is 22.2 Å². The molecule has 1 saturated carbocycles. The summed E-state index contributed by atoms with van der Waals surface area (Å²) in [6.45, 7) is 11.6. The Bertz CT molecular complexity index is 1770. The molecular formula is C37H50N4O5S. The lowest BCUT2D eigenvalue weighted by atomic mass is 9.81. The molecule has 1 aromatic heterocycles. The highest BCUT2D eigenvalue weighted by Gasteiger charge is 2.39. The van der Waals surface area contributed by atoms with E-state index in [-0.39, 0.29) is 17.2 Å². The first-order chi connectivity index (χ1) is 22.4. The number of hydrogen-bond acceptors (Lipinski definition) is 6. The molecule has 9 nitrogen and oxygen atoms in total. The summed E-state index contributed by atoms with van der Waals surface area (Å²) in [4.78, 5) is 32.2. The minimum absolute atomic E-state index is 0.144. The molecule has 3 aliphatic rings. The predicted octanol–water partition coefficient (Wildman–Crippen LogP) is 6.09. The molecule has 2 saturated heterocycles. The van der Waals surface area contributed by atoms with Crippen molar-refractivity contribution in [2.24, 2.45) is 5.41 Å². The van der Waals surface area contributed by atoms with Crippen LogP contribution in [0, 0.1) is 12.3 Å². The molecule has 3 aromatic rings. The van der Waals surface area contributed by atoms with Gasteiger partial charge in [0, 0.05) is 54.3 Å². The van der Waals surface area contributed by atoms with Gasteiger partial charge in [0.15, 0.2) is 0 Å². The van der Waals surface area contributed by atoms with Gasteiger partial charge in [0.1, 0.15) is 5.75 Å². The number of ether oxygens (including phenoxy) is 1. The number of aryl methyl sites for hydroxylation is 1. The van der Waals surface area contributed by atoms with Crippen LogP contribution in [0.4, 0.5) is 0 Å². The summed E-state index contributed by atoms with van der Waals surface area (Å²) in [6, 6.07) is 12.1. The SMILES string of the molecule is CCS(=O)(=O)NC(=O)c1ccc2c(C3CCCCC3)c(-c3ccc(OC)cc3C)n(CC(C)(C)C(=O)N3CCN4CCCC4C3)c2c1. The van der Waals surface area contributed by atoms with Crippen LogP contribution in [-0.4, -0.2) is 79.7 Å². The standard InChI is InChI=1S/C37H50N4O5S/c1-6-47(44,45)38-35(42)27-14-16-31-32(22-27)41(24-37(3,4)36(43)40-20-19-39-18-10-13-28(39)23-40)34(33(31)26-11-8-7-9-12-26)30-17-15-29(46-5)21-25(30)2/h14-17,21-22,26,28H,6-13,18-20,23-24H2,1-5H3,(H,38,42). The lowest BCUT2D eigenvalue weighted by Crippen LogP contribution is -2.55. The van der Waals surface area contributed by atoms with Gasteiger partial charge in [-0.15, -0.1) is 0 Å². The van der Waals surface area contributed by atoms with Crippen LogP contribution in [0.5, 0.6) is 5.75 Å². The number of nitrogens with zero attached hydrogens (tertiary/aromatic N) is 3. The van der Waals surface area contributed by atoms with Gasteiger partial charge in [0.2, 0.25) is 15.9 Å². The molecule has 3 fully saturated rings. The number of amides is 2. The van der Waals surface area contributed by atoms with Crippen LogP contribution in [0.3, 0.4) is 0 Å². The van der Waals surface area contributed by atoms with Crippen molar-refractivity contribution in [3.63, 3.8) is 0 Å². The van der Waals surface area contributed by atoms with Gasteiger partial charge >= 0.3 is 0 Å². The van der Waals surface area contributed by atoms with E-state index in [1.165, 1.54) is 25.3 Å². The molecule has 2 aliphatic heterocycles.